The molecule has 2 rings (SSSR count). The zero-order chi connectivity index (χ0) is 19.1. The third kappa shape index (κ3) is 5.81. The number of nitrogens with zero attached hydrogens (tertiary/aromatic N) is 1. The second-order valence-corrected chi connectivity index (χ2v) is 6.13. The van der Waals surface area contributed by atoms with Crippen LogP contribution in [0.2, 0.25) is 0 Å². The van der Waals surface area contributed by atoms with Crippen LogP contribution in [0.3, 0.4) is 0 Å². The normalized spacial score (nSPS) is 10.3. The average molecular weight is 357 g/mol. The van der Waals surface area contributed by atoms with Gasteiger partial charge in [-0.1, -0.05) is 29.8 Å². The summed E-state index contributed by atoms with van der Waals surface area (Å²) in [7, 11) is 1.71. The molecule has 0 saturated heterocycles. The monoisotopic (exact) mass is 357 g/mol. The van der Waals surface area contributed by atoms with E-state index in [9.17, 15) is 9.59 Å². The van der Waals surface area contributed by atoms with Gasteiger partial charge in [0.25, 0.3) is 5.91 Å². The lowest BCUT2D eigenvalue weighted by Crippen LogP contribution is -2.31. The zero-order valence-corrected chi connectivity index (χ0v) is 15.2. The minimum atomic E-state index is -1.02. The summed E-state index contributed by atoms with van der Waals surface area (Å²) >= 11 is 0. The highest BCUT2D eigenvalue weighted by atomic mass is 16.5. The number of hydrogen-bond donors (Lipinski definition) is 1. The predicted octanol–water partition coefficient (Wildman–Crippen LogP) is 2.80. The summed E-state index contributed by atoms with van der Waals surface area (Å²) in [5.41, 5.74) is 3.06. The van der Waals surface area contributed by atoms with Gasteiger partial charge in [0, 0.05) is 13.6 Å². The number of amides is 1. The molecule has 6 nitrogen and oxygen atoms in total. The summed E-state index contributed by atoms with van der Waals surface area (Å²) in [6.07, 6.45) is 0. The summed E-state index contributed by atoms with van der Waals surface area (Å²) in [4.78, 5) is 24.3. The Morgan fingerprint density at radius 1 is 1.00 bits per heavy atom. The Hall–Kier alpha value is -3.02. The summed E-state index contributed by atoms with van der Waals surface area (Å²) in [6, 6.07) is 12.8. The van der Waals surface area contributed by atoms with E-state index in [1.54, 1.807) is 36.2 Å². The van der Waals surface area contributed by atoms with Crippen LogP contribution >= 0.6 is 0 Å². The number of rotatable bonds is 8. The van der Waals surface area contributed by atoms with E-state index in [1.165, 1.54) is 0 Å². The molecule has 0 fully saturated rings. The van der Waals surface area contributed by atoms with Crippen molar-refractivity contribution in [2.75, 3.05) is 20.3 Å². The molecule has 0 aliphatic rings. The molecule has 0 aromatic heterocycles. The van der Waals surface area contributed by atoms with Crippen LogP contribution in [0.25, 0.3) is 0 Å². The zero-order valence-electron chi connectivity index (χ0n) is 15.2. The van der Waals surface area contributed by atoms with Gasteiger partial charge < -0.3 is 19.5 Å². The summed E-state index contributed by atoms with van der Waals surface area (Å²) in [5, 5.41) is 8.59. The van der Waals surface area contributed by atoms with Crippen molar-refractivity contribution in [1.82, 2.24) is 4.90 Å². The van der Waals surface area contributed by atoms with E-state index in [0.717, 1.165) is 16.7 Å². The molecule has 1 N–H and O–H groups in total. The Morgan fingerprint density at radius 3 is 2.31 bits per heavy atom. The van der Waals surface area contributed by atoms with E-state index < -0.39 is 5.97 Å². The highest BCUT2D eigenvalue weighted by Gasteiger charge is 2.11. The highest BCUT2D eigenvalue weighted by molar-refractivity contribution is 5.77. The third-order valence-corrected chi connectivity index (χ3v) is 3.81. The van der Waals surface area contributed by atoms with E-state index in [1.807, 2.05) is 32.0 Å². The van der Waals surface area contributed by atoms with E-state index in [0.29, 0.717) is 18.0 Å². The second-order valence-electron chi connectivity index (χ2n) is 6.13. The number of hydrogen-bond acceptors (Lipinski definition) is 4. The number of likely N-dealkylation sites (N-methyl/N-ethyl adjacent to an activating group) is 1. The van der Waals surface area contributed by atoms with Crippen LogP contribution in [0.5, 0.6) is 11.5 Å². The topological polar surface area (TPSA) is 76.1 Å². The van der Waals surface area contributed by atoms with Gasteiger partial charge in [-0.15, -0.1) is 0 Å². The van der Waals surface area contributed by atoms with Crippen molar-refractivity contribution in [3.05, 3.63) is 59.2 Å². The molecule has 0 radical (unpaired) electrons. The maximum Gasteiger partial charge on any atom is 0.341 e. The molecule has 0 bridgehead atoms. The Balaban J connectivity index is 1.85. The van der Waals surface area contributed by atoms with Crippen molar-refractivity contribution in [3.63, 3.8) is 0 Å². The molecule has 138 valence electrons. The van der Waals surface area contributed by atoms with Crippen molar-refractivity contribution in [2.45, 2.75) is 20.4 Å². The first-order valence-corrected chi connectivity index (χ1v) is 8.22. The molecule has 2 aromatic rings. The Labute approximate surface area is 153 Å². The van der Waals surface area contributed by atoms with E-state index in [-0.39, 0.29) is 19.1 Å². The number of aryl methyl sites for hydroxylation is 2. The van der Waals surface area contributed by atoms with Crippen LogP contribution in [-0.4, -0.2) is 42.1 Å². The van der Waals surface area contributed by atoms with Crippen molar-refractivity contribution in [3.8, 4) is 11.5 Å². The molecule has 0 unspecified atom stereocenters. The van der Waals surface area contributed by atoms with Crippen LogP contribution in [-0.2, 0) is 16.1 Å². The number of benzene rings is 2. The number of aliphatic carboxylic acids is 1. The van der Waals surface area contributed by atoms with Crippen LogP contribution in [0.4, 0.5) is 0 Å². The number of carbonyl (C=O) groups excluding carboxylic acids is 1. The fourth-order valence-electron chi connectivity index (χ4n) is 2.41. The van der Waals surface area contributed by atoms with Gasteiger partial charge in [0.2, 0.25) is 0 Å². The molecular formula is C20H23NO5. The first kappa shape index (κ1) is 19.3. The molecule has 0 aliphatic carbocycles. The Bertz CT molecular complexity index is 770. The first-order chi connectivity index (χ1) is 12.3. The van der Waals surface area contributed by atoms with Crippen molar-refractivity contribution in [2.24, 2.45) is 0 Å². The molecule has 0 heterocycles. The quantitative estimate of drug-likeness (QED) is 0.786. The van der Waals surface area contributed by atoms with Crippen molar-refractivity contribution < 1.29 is 24.2 Å². The molecule has 0 aliphatic heterocycles. The minimum absolute atomic E-state index is 0.0276. The number of ether oxygens (including phenoxy) is 2. The van der Waals surface area contributed by atoms with Crippen molar-refractivity contribution in [1.29, 1.82) is 0 Å². The lowest BCUT2D eigenvalue weighted by Gasteiger charge is -2.18. The second kappa shape index (κ2) is 8.89. The van der Waals surface area contributed by atoms with Gasteiger partial charge in [0.15, 0.2) is 13.2 Å². The number of carboxylic acids is 1. The Kier molecular flexibility index (Phi) is 6.60. The summed E-state index contributed by atoms with van der Waals surface area (Å²) in [6.45, 7) is 3.97. The van der Waals surface area contributed by atoms with Gasteiger partial charge in [0.1, 0.15) is 11.5 Å². The molecule has 0 saturated carbocycles. The SMILES string of the molecule is Cc1ccc(OCC(=O)N(C)Cc2ccc(OCC(=O)O)cc2)c(C)c1. The first-order valence-electron chi connectivity index (χ1n) is 8.22. The molecule has 2 aromatic carbocycles. The van der Waals surface area contributed by atoms with Crippen molar-refractivity contribution >= 4 is 11.9 Å². The van der Waals surface area contributed by atoms with Gasteiger partial charge >= 0.3 is 5.97 Å². The molecule has 0 spiro atoms. The smallest absolute Gasteiger partial charge is 0.341 e. The van der Waals surface area contributed by atoms with Gasteiger partial charge in [-0.25, -0.2) is 4.79 Å². The average Bonchev–Trinajstić information content (AvgIpc) is 2.60. The van der Waals surface area contributed by atoms with Gasteiger partial charge in [0.05, 0.1) is 0 Å². The number of carbonyl (C=O) groups is 2. The number of carboxylic acid groups (broad SMARTS) is 1. The standard InChI is InChI=1S/C20H23NO5/c1-14-4-9-18(15(2)10-14)26-12-19(22)21(3)11-16-5-7-17(8-6-16)25-13-20(23)24/h4-10H,11-13H2,1-3H3,(H,23,24). The third-order valence-electron chi connectivity index (χ3n) is 3.81. The fourth-order valence-corrected chi connectivity index (χ4v) is 2.41. The predicted molar refractivity (Wildman–Crippen MR) is 97.5 cm³/mol. The van der Waals surface area contributed by atoms with E-state index in [2.05, 4.69) is 0 Å². The maximum absolute atomic E-state index is 12.3. The van der Waals surface area contributed by atoms with Gasteiger partial charge in [-0.3, -0.25) is 4.79 Å². The molecule has 26 heavy (non-hydrogen) atoms. The maximum atomic E-state index is 12.3. The molecule has 1 amide bonds. The van der Waals surface area contributed by atoms with Crippen LogP contribution in [0.15, 0.2) is 42.5 Å². The molecule has 6 heteroatoms. The summed E-state index contributed by atoms with van der Waals surface area (Å²) in [5.74, 6) is 0.0278. The van der Waals surface area contributed by atoms with E-state index in [4.69, 9.17) is 14.6 Å². The van der Waals surface area contributed by atoms with Gasteiger partial charge in [-0.05, 0) is 43.2 Å². The van der Waals surface area contributed by atoms with Crippen LogP contribution in [0.1, 0.15) is 16.7 Å². The lowest BCUT2D eigenvalue weighted by atomic mass is 10.1. The van der Waals surface area contributed by atoms with Crippen LogP contribution in [0, 0.1) is 13.8 Å². The van der Waals surface area contributed by atoms with Gasteiger partial charge in [-0.2, -0.15) is 0 Å². The lowest BCUT2D eigenvalue weighted by molar-refractivity contribution is -0.139. The largest absolute Gasteiger partial charge is 0.484 e. The summed E-state index contributed by atoms with van der Waals surface area (Å²) < 4.78 is 10.7. The van der Waals surface area contributed by atoms with Crippen LogP contribution < -0.4 is 9.47 Å². The van der Waals surface area contributed by atoms with E-state index >= 15 is 0 Å². The Morgan fingerprint density at radius 2 is 1.69 bits per heavy atom. The highest BCUT2D eigenvalue weighted by Crippen LogP contribution is 2.19. The molecule has 0 atom stereocenters. The molecular weight excluding hydrogens is 334 g/mol. The fraction of sp³-hybridized carbons (Fsp3) is 0.300. The minimum Gasteiger partial charge on any atom is -0.484 e.